The number of primary amides is 1. The number of benzene rings is 2. The number of Topliss-reactive ketones (excluding diaryl/α,β-unsaturated/α-hetero) is 4. The van der Waals surface area contributed by atoms with Gasteiger partial charge in [-0.05, 0) is 31.3 Å². The zero-order valence-corrected chi connectivity index (χ0v) is 23.5. The Balaban J connectivity index is 1.70. The summed E-state index contributed by atoms with van der Waals surface area (Å²) >= 11 is 0. The molecule has 42 heavy (non-hydrogen) atoms. The average Bonchev–Trinajstić information content (AvgIpc) is 2.90. The molecule has 2 fully saturated rings. The van der Waals surface area contributed by atoms with Crippen LogP contribution < -0.4 is 5.73 Å². The van der Waals surface area contributed by atoms with Crippen LogP contribution in [0.5, 0.6) is 5.75 Å². The first kappa shape index (κ1) is 29.7. The molecule has 2 saturated carbocycles. The van der Waals surface area contributed by atoms with Gasteiger partial charge < -0.3 is 21.1 Å². The Bertz CT molecular complexity index is 1620. The average molecular weight is 599 g/mol. The van der Waals surface area contributed by atoms with E-state index in [0.717, 1.165) is 0 Å². The van der Waals surface area contributed by atoms with Gasteiger partial charge in [-0.2, -0.15) is 0 Å². The molecule has 0 spiro atoms. The summed E-state index contributed by atoms with van der Waals surface area (Å²) < 4.78 is 27.0. The third kappa shape index (κ3) is 4.30. The largest absolute Gasteiger partial charge is 0.507 e. The highest BCUT2D eigenvalue weighted by Gasteiger charge is 2.73. The molecule has 12 nitrogen and oxygen atoms in total. The first-order valence-electron chi connectivity index (χ1n) is 13.2. The number of fused-ring (bicyclic) bond motifs is 3. The number of aromatic hydroxyl groups is 1. The van der Waals surface area contributed by atoms with E-state index in [2.05, 4.69) is 0 Å². The van der Waals surface area contributed by atoms with Crippen molar-refractivity contribution >= 4 is 38.9 Å². The van der Waals surface area contributed by atoms with Gasteiger partial charge in [-0.3, -0.25) is 28.9 Å². The molecular formula is C29H30N2O10S. The number of aliphatic hydroxyl groups is 2. The van der Waals surface area contributed by atoms with E-state index < -0.39 is 103 Å². The van der Waals surface area contributed by atoms with Gasteiger partial charge in [-0.15, -0.1) is 0 Å². The van der Waals surface area contributed by atoms with Crippen LogP contribution in [0.3, 0.4) is 0 Å². The first-order chi connectivity index (χ1) is 19.6. The second kappa shape index (κ2) is 10.2. The number of ketones is 4. The second-order valence-electron chi connectivity index (χ2n) is 11.5. The number of rotatable bonds is 6. The van der Waals surface area contributed by atoms with Crippen molar-refractivity contribution in [2.75, 3.05) is 19.8 Å². The van der Waals surface area contributed by atoms with E-state index >= 15 is 0 Å². The predicted octanol–water partition coefficient (Wildman–Crippen LogP) is -1.01. The lowest BCUT2D eigenvalue weighted by Crippen LogP contribution is -2.78. The SMILES string of the molecule is CN(C)[C@@H]1C(=O)C(C(N)=O)C(=O)[C@@]2(O)C(=O)C3C(=O)c4c(O)cccc4[C@H](CS(=O)(=O)Cc4ccccc4)C3[C@H](O)C12. The van der Waals surface area contributed by atoms with Crippen molar-refractivity contribution in [3.8, 4) is 5.75 Å². The molecule has 0 radical (unpaired) electrons. The van der Waals surface area contributed by atoms with E-state index in [1.807, 2.05) is 0 Å². The maximum absolute atomic E-state index is 14.1. The van der Waals surface area contributed by atoms with E-state index in [1.54, 1.807) is 30.3 Å². The topological polar surface area (TPSA) is 209 Å². The summed E-state index contributed by atoms with van der Waals surface area (Å²) in [6, 6.07) is 10.7. The van der Waals surface area contributed by atoms with Gasteiger partial charge in [0.15, 0.2) is 44.5 Å². The second-order valence-corrected chi connectivity index (χ2v) is 13.6. The predicted molar refractivity (Wildman–Crippen MR) is 146 cm³/mol. The van der Waals surface area contributed by atoms with E-state index in [9.17, 15) is 47.7 Å². The van der Waals surface area contributed by atoms with E-state index in [1.165, 1.54) is 37.2 Å². The first-order valence-corrected chi connectivity index (χ1v) is 15.0. The van der Waals surface area contributed by atoms with Gasteiger partial charge in [-0.1, -0.05) is 42.5 Å². The van der Waals surface area contributed by atoms with Crippen molar-refractivity contribution in [1.82, 2.24) is 4.90 Å². The van der Waals surface area contributed by atoms with Crippen LogP contribution >= 0.6 is 0 Å². The Labute approximate surface area is 241 Å². The molecule has 13 heteroatoms. The van der Waals surface area contributed by atoms with Crippen molar-refractivity contribution in [1.29, 1.82) is 0 Å². The number of likely N-dealkylation sites (N-methyl/N-ethyl adjacent to an activating group) is 1. The number of sulfone groups is 1. The highest BCUT2D eigenvalue weighted by atomic mass is 32.2. The van der Waals surface area contributed by atoms with E-state index in [4.69, 9.17) is 5.73 Å². The highest BCUT2D eigenvalue weighted by Crippen LogP contribution is 2.54. The highest BCUT2D eigenvalue weighted by molar-refractivity contribution is 7.90. The van der Waals surface area contributed by atoms with Gasteiger partial charge in [0.1, 0.15) is 5.75 Å². The number of carbonyl (C=O) groups is 5. The summed E-state index contributed by atoms with van der Waals surface area (Å²) in [7, 11) is -1.25. The maximum atomic E-state index is 14.1. The minimum absolute atomic E-state index is 0.0695. The summed E-state index contributed by atoms with van der Waals surface area (Å²) in [5.41, 5.74) is 2.32. The van der Waals surface area contributed by atoms with Crippen LogP contribution in [-0.4, -0.2) is 95.3 Å². The zero-order chi connectivity index (χ0) is 30.9. The van der Waals surface area contributed by atoms with Crippen LogP contribution in [0.2, 0.25) is 0 Å². The fourth-order valence-electron chi connectivity index (χ4n) is 7.13. The molecule has 8 atom stereocenters. The van der Waals surface area contributed by atoms with Crippen molar-refractivity contribution in [2.45, 2.75) is 29.4 Å². The molecule has 3 aliphatic rings. The molecule has 4 unspecified atom stereocenters. The van der Waals surface area contributed by atoms with Crippen LogP contribution in [0.15, 0.2) is 48.5 Å². The Kier molecular flexibility index (Phi) is 7.21. The molecule has 0 heterocycles. The van der Waals surface area contributed by atoms with Gasteiger partial charge in [-0.25, -0.2) is 8.42 Å². The molecular weight excluding hydrogens is 568 g/mol. The van der Waals surface area contributed by atoms with Gasteiger partial charge in [0.25, 0.3) is 0 Å². The van der Waals surface area contributed by atoms with Crippen molar-refractivity contribution in [3.05, 3.63) is 65.2 Å². The fraction of sp³-hybridized carbons (Fsp3) is 0.414. The molecule has 0 aliphatic heterocycles. The zero-order valence-electron chi connectivity index (χ0n) is 22.7. The number of hydrogen-bond donors (Lipinski definition) is 4. The van der Waals surface area contributed by atoms with Crippen LogP contribution in [0.1, 0.15) is 27.4 Å². The molecule has 5 N–H and O–H groups in total. The third-order valence-electron chi connectivity index (χ3n) is 8.81. The smallest absolute Gasteiger partial charge is 0.235 e. The standard InChI is InChI=1S/C29H30N2O10S/c1-31(2)22-21-24(34)18-15(12-42(40,41)11-13-7-4-3-5-8-13)14-9-6-10-16(32)17(14)23(33)19(18)26(36)29(21,39)27(37)20(25(22)35)28(30)38/h3-10,15,18-22,24,32,34,39H,11-12H2,1-2H3,(H2,30,38)/t15-,18?,19?,20?,21?,22-,24-,29-/m0/s1. The van der Waals surface area contributed by atoms with Crippen molar-refractivity contribution < 1.29 is 47.7 Å². The number of amides is 1. The molecule has 0 aromatic heterocycles. The number of carbonyl (C=O) groups excluding carboxylic acids is 5. The molecule has 2 aromatic carbocycles. The third-order valence-corrected chi connectivity index (χ3v) is 10.5. The normalized spacial score (nSPS) is 32.7. The van der Waals surface area contributed by atoms with Gasteiger partial charge in [0, 0.05) is 11.8 Å². The summed E-state index contributed by atoms with van der Waals surface area (Å²) in [6.07, 6.45) is -1.94. The lowest BCUT2D eigenvalue weighted by molar-refractivity contribution is -0.196. The lowest BCUT2D eigenvalue weighted by Gasteiger charge is -2.56. The van der Waals surface area contributed by atoms with Gasteiger partial charge >= 0.3 is 0 Å². The summed E-state index contributed by atoms with van der Waals surface area (Å²) in [4.78, 5) is 68.2. The summed E-state index contributed by atoms with van der Waals surface area (Å²) in [5.74, 6) is -16.8. The summed E-state index contributed by atoms with van der Waals surface area (Å²) in [6.45, 7) is 0. The van der Waals surface area contributed by atoms with E-state index in [0.29, 0.717) is 5.56 Å². The van der Waals surface area contributed by atoms with Crippen LogP contribution in [0.25, 0.3) is 0 Å². The maximum Gasteiger partial charge on any atom is 0.235 e. The Morgan fingerprint density at radius 1 is 1.00 bits per heavy atom. The minimum Gasteiger partial charge on any atom is -0.507 e. The fourth-order valence-corrected chi connectivity index (χ4v) is 8.89. The Morgan fingerprint density at radius 3 is 2.24 bits per heavy atom. The number of aliphatic hydroxyl groups excluding tert-OH is 1. The van der Waals surface area contributed by atoms with Crippen LogP contribution in [0.4, 0.5) is 0 Å². The summed E-state index contributed by atoms with van der Waals surface area (Å²) in [5, 5.41) is 34.3. The number of nitrogens with zero attached hydrogens (tertiary/aromatic N) is 1. The lowest BCUT2D eigenvalue weighted by atomic mass is 9.49. The molecule has 0 bridgehead atoms. The molecule has 2 aromatic rings. The van der Waals surface area contributed by atoms with Crippen molar-refractivity contribution in [2.24, 2.45) is 29.4 Å². The number of phenolic OH excluding ortho intramolecular Hbond substituents is 1. The number of nitrogens with two attached hydrogens (primary N) is 1. The molecule has 222 valence electrons. The van der Waals surface area contributed by atoms with Crippen LogP contribution in [0, 0.1) is 23.7 Å². The van der Waals surface area contributed by atoms with Crippen LogP contribution in [-0.2, 0) is 34.8 Å². The van der Waals surface area contributed by atoms with E-state index in [-0.39, 0.29) is 11.1 Å². The number of hydrogen-bond acceptors (Lipinski definition) is 11. The molecule has 3 aliphatic carbocycles. The van der Waals surface area contributed by atoms with Gasteiger partial charge in [0.05, 0.1) is 41.1 Å². The quantitative estimate of drug-likeness (QED) is 0.296. The molecule has 5 rings (SSSR count). The van der Waals surface area contributed by atoms with Gasteiger partial charge in [0.2, 0.25) is 5.91 Å². The Morgan fingerprint density at radius 2 is 1.64 bits per heavy atom. The monoisotopic (exact) mass is 598 g/mol. The molecule has 1 amide bonds. The molecule has 0 saturated heterocycles. The van der Waals surface area contributed by atoms with Crippen molar-refractivity contribution in [3.63, 3.8) is 0 Å². The number of phenols is 1. The Hall–Kier alpha value is -3.78. The minimum atomic E-state index is -4.00.